The Morgan fingerprint density at radius 1 is 1.10 bits per heavy atom. The first-order chi connectivity index (χ1) is 14.9. The van der Waals surface area contributed by atoms with Crippen LogP contribution in [0.4, 0.5) is 0 Å². The molecule has 0 radical (unpaired) electrons. The summed E-state index contributed by atoms with van der Waals surface area (Å²) >= 11 is 0. The molecule has 3 N–H and O–H groups in total. The van der Waals surface area contributed by atoms with Gasteiger partial charge in [-0.1, -0.05) is 42.5 Å². The number of hydrogen-bond donors (Lipinski definition) is 2. The largest absolute Gasteiger partial charge is 0.340 e. The van der Waals surface area contributed by atoms with Crippen molar-refractivity contribution < 1.29 is 13.2 Å². The smallest absolute Gasteiger partial charge is 0.238 e. The summed E-state index contributed by atoms with van der Waals surface area (Å²) < 4.78 is 22.8. The predicted octanol–water partition coefficient (Wildman–Crippen LogP) is 3.41. The highest BCUT2D eigenvalue weighted by atomic mass is 32.2. The third-order valence-electron chi connectivity index (χ3n) is 5.70. The summed E-state index contributed by atoms with van der Waals surface area (Å²) in [6, 6.07) is 16.3. The van der Waals surface area contributed by atoms with Gasteiger partial charge in [0, 0.05) is 13.0 Å². The number of nitrogens with zero attached hydrogens (tertiary/aromatic N) is 2. The topological polar surface area (TPSA) is 109 Å². The molecule has 1 aromatic heterocycles. The van der Waals surface area contributed by atoms with E-state index in [1.165, 1.54) is 12.1 Å². The van der Waals surface area contributed by atoms with Crippen LogP contribution in [0.3, 0.4) is 0 Å². The van der Waals surface area contributed by atoms with Gasteiger partial charge >= 0.3 is 0 Å². The first kappa shape index (κ1) is 21.3. The average molecular weight is 439 g/mol. The molecule has 162 valence electrons. The molecular formula is C23H26N4O3S. The second-order valence-electron chi connectivity index (χ2n) is 7.84. The molecule has 3 aromatic rings. The van der Waals surface area contributed by atoms with Crippen molar-refractivity contribution in [3.63, 3.8) is 0 Å². The quantitative estimate of drug-likeness (QED) is 0.614. The minimum atomic E-state index is -3.71. The van der Waals surface area contributed by atoms with Crippen molar-refractivity contribution >= 4 is 15.9 Å². The second-order valence-corrected chi connectivity index (χ2v) is 9.40. The van der Waals surface area contributed by atoms with Crippen LogP contribution in [0, 0.1) is 0 Å². The minimum Gasteiger partial charge on any atom is -0.340 e. The Morgan fingerprint density at radius 2 is 1.84 bits per heavy atom. The van der Waals surface area contributed by atoms with E-state index in [9.17, 15) is 13.2 Å². The number of aromatic nitrogens is 2. The molecule has 0 spiro atoms. The van der Waals surface area contributed by atoms with E-state index in [-0.39, 0.29) is 16.8 Å². The molecule has 0 bridgehead atoms. The summed E-state index contributed by atoms with van der Waals surface area (Å²) in [7, 11) is -3.71. The number of nitrogens with one attached hydrogen (secondary N) is 1. The Morgan fingerprint density at radius 3 is 2.55 bits per heavy atom. The van der Waals surface area contributed by atoms with Crippen LogP contribution >= 0.6 is 0 Å². The number of likely N-dealkylation sites (tertiary alicyclic amines) is 1. The monoisotopic (exact) mass is 438 g/mol. The summed E-state index contributed by atoms with van der Waals surface area (Å²) in [5, 5.41) is 5.14. The predicted molar refractivity (Wildman–Crippen MR) is 118 cm³/mol. The molecule has 1 aliphatic heterocycles. The molecule has 1 amide bonds. The van der Waals surface area contributed by atoms with E-state index in [4.69, 9.17) is 5.14 Å². The number of carbonyl (C=O) groups is 1. The van der Waals surface area contributed by atoms with Crippen LogP contribution < -0.4 is 5.14 Å². The van der Waals surface area contributed by atoms with Crippen molar-refractivity contribution in [3.05, 3.63) is 72.2 Å². The van der Waals surface area contributed by atoms with Crippen LogP contribution in [-0.2, 0) is 21.2 Å². The van der Waals surface area contributed by atoms with Crippen LogP contribution in [0.25, 0.3) is 11.3 Å². The first-order valence-corrected chi connectivity index (χ1v) is 12.0. The van der Waals surface area contributed by atoms with E-state index < -0.39 is 10.0 Å². The summed E-state index contributed by atoms with van der Waals surface area (Å²) in [5.41, 5.74) is 2.92. The molecular weight excluding hydrogens is 412 g/mol. The fourth-order valence-electron chi connectivity index (χ4n) is 4.03. The standard InChI is InChI=1S/C23H26N4O3S/c24-31(29,30)19-12-9-17(10-13-19)11-14-22(28)27-15-5-4-8-21(27)23-25-16-20(26-23)18-6-2-1-3-7-18/h1-3,6-7,9-10,12-13,16,21H,4-5,8,11,14-15H2,(H,25,26)(H2,24,29,30). The second kappa shape index (κ2) is 9.03. The number of primary sulfonamides is 1. The lowest BCUT2D eigenvalue weighted by atomic mass is 10.00. The molecule has 8 heteroatoms. The van der Waals surface area contributed by atoms with Gasteiger partial charge < -0.3 is 9.88 Å². The van der Waals surface area contributed by atoms with E-state index in [0.29, 0.717) is 12.8 Å². The number of aryl methyl sites for hydroxylation is 1. The number of sulfonamides is 1. The maximum absolute atomic E-state index is 13.0. The molecule has 0 saturated carbocycles. The number of piperidine rings is 1. The Kier molecular flexibility index (Phi) is 6.20. The van der Waals surface area contributed by atoms with Crippen LogP contribution in [0.5, 0.6) is 0 Å². The van der Waals surface area contributed by atoms with Crippen molar-refractivity contribution in [2.75, 3.05) is 6.54 Å². The Labute approximate surface area is 182 Å². The lowest BCUT2D eigenvalue weighted by molar-refractivity contribution is -0.135. The van der Waals surface area contributed by atoms with E-state index in [2.05, 4.69) is 9.97 Å². The first-order valence-electron chi connectivity index (χ1n) is 10.4. The zero-order valence-corrected chi connectivity index (χ0v) is 18.0. The zero-order chi connectivity index (χ0) is 21.8. The highest BCUT2D eigenvalue weighted by Gasteiger charge is 2.29. The molecule has 2 aromatic carbocycles. The maximum atomic E-state index is 13.0. The molecule has 4 rings (SSSR count). The summed E-state index contributed by atoms with van der Waals surface area (Å²) in [6.45, 7) is 0.717. The number of imidazole rings is 1. The fourth-order valence-corrected chi connectivity index (χ4v) is 4.54. The highest BCUT2D eigenvalue weighted by molar-refractivity contribution is 7.89. The lowest BCUT2D eigenvalue weighted by Crippen LogP contribution is -2.39. The minimum absolute atomic E-state index is 0.0523. The van der Waals surface area contributed by atoms with E-state index in [1.54, 1.807) is 12.1 Å². The van der Waals surface area contributed by atoms with Gasteiger partial charge in [0.05, 0.1) is 22.8 Å². The molecule has 7 nitrogen and oxygen atoms in total. The van der Waals surface area contributed by atoms with Gasteiger partial charge in [0.1, 0.15) is 5.82 Å². The van der Waals surface area contributed by atoms with Crippen molar-refractivity contribution in [2.45, 2.75) is 43.0 Å². The van der Waals surface area contributed by atoms with Crippen LogP contribution in [0.1, 0.15) is 43.1 Å². The number of hydrogen-bond acceptors (Lipinski definition) is 4. The number of carbonyl (C=O) groups excluding carboxylic acids is 1. The lowest BCUT2D eigenvalue weighted by Gasteiger charge is -2.34. The molecule has 1 fully saturated rings. The molecule has 2 heterocycles. The van der Waals surface area contributed by atoms with Gasteiger partial charge in [0.25, 0.3) is 0 Å². The van der Waals surface area contributed by atoms with E-state index in [0.717, 1.165) is 48.5 Å². The van der Waals surface area contributed by atoms with Crippen LogP contribution in [0.15, 0.2) is 65.7 Å². The van der Waals surface area contributed by atoms with Gasteiger partial charge in [0.2, 0.25) is 15.9 Å². The molecule has 0 aliphatic carbocycles. The van der Waals surface area contributed by atoms with Gasteiger partial charge in [0.15, 0.2) is 0 Å². The number of H-pyrrole nitrogens is 1. The van der Waals surface area contributed by atoms with Gasteiger partial charge in [-0.2, -0.15) is 0 Å². The SMILES string of the molecule is NS(=O)(=O)c1ccc(CCC(=O)N2CCCCC2c2ncc(-c3ccccc3)[nH]2)cc1. The van der Waals surface area contributed by atoms with Crippen molar-refractivity contribution in [2.24, 2.45) is 5.14 Å². The Hall–Kier alpha value is -2.97. The molecule has 1 aliphatic rings. The van der Waals surface area contributed by atoms with Crippen molar-refractivity contribution in [3.8, 4) is 11.3 Å². The van der Waals surface area contributed by atoms with Gasteiger partial charge in [-0.3, -0.25) is 4.79 Å². The fraction of sp³-hybridized carbons (Fsp3) is 0.304. The normalized spacial score (nSPS) is 16.9. The number of nitrogens with two attached hydrogens (primary N) is 1. The van der Waals surface area contributed by atoms with E-state index in [1.807, 2.05) is 41.4 Å². The molecule has 1 unspecified atom stereocenters. The number of aromatic amines is 1. The van der Waals surface area contributed by atoms with Gasteiger partial charge in [-0.15, -0.1) is 0 Å². The van der Waals surface area contributed by atoms with Gasteiger partial charge in [-0.05, 0) is 48.9 Å². The Bertz CT molecular complexity index is 1140. The summed E-state index contributed by atoms with van der Waals surface area (Å²) in [6.07, 6.45) is 5.66. The summed E-state index contributed by atoms with van der Waals surface area (Å²) in [5.74, 6) is 0.905. The van der Waals surface area contributed by atoms with Gasteiger partial charge in [-0.25, -0.2) is 18.5 Å². The van der Waals surface area contributed by atoms with Crippen LogP contribution in [-0.4, -0.2) is 35.7 Å². The Balaban J connectivity index is 1.44. The molecule has 1 saturated heterocycles. The summed E-state index contributed by atoms with van der Waals surface area (Å²) in [4.78, 5) is 23.0. The highest BCUT2D eigenvalue weighted by Crippen LogP contribution is 2.31. The number of rotatable bonds is 6. The van der Waals surface area contributed by atoms with Crippen LogP contribution in [0.2, 0.25) is 0 Å². The number of benzene rings is 2. The maximum Gasteiger partial charge on any atom is 0.238 e. The molecule has 31 heavy (non-hydrogen) atoms. The average Bonchev–Trinajstić information content (AvgIpc) is 3.28. The van der Waals surface area contributed by atoms with Crippen molar-refractivity contribution in [1.82, 2.24) is 14.9 Å². The zero-order valence-electron chi connectivity index (χ0n) is 17.2. The third-order valence-corrected chi connectivity index (χ3v) is 6.63. The van der Waals surface area contributed by atoms with E-state index >= 15 is 0 Å². The van der Waals surface area contributed by atoms with Crippen molar-refractivity contribution in [1.29, 1.82) is 0 Å². The number of amides is 1. The molecule has 1 atom stereocenters. The third kappa shape index (κ3) is 5.03.